The molecule has 0 aliphatic carbocycles. The van der Waals surface area contributed by atoms with Gasteiger partial charge in [-0.1, -0.05) is 29.5 Å². The molecule has 0 atom stereocenters. The van der Waals surface area contributed by atoms with Crippen LogP contribution in [0.3, 0.4) is 0 Å². The van der Waals surface area contributed by atoms with Gasteiger partial charge < -0.3 is 9.15 Å². The van der Waals surface area contributed by atoms with Crippen LogP contribution in [0.4, 0.5) is 5.13 Å². The Morgan fingerprint density at radius 3 is 2.69 bits per heavy atom. The van der Waals surface area contributed by atoms with E-state index in [9.17, 15) is 13.2 Å². The Balaban J connectivity index is 1.55. The number of rotatable bonds is 6. The predicted molar refractivity (Wildman–Crippen MR) is 109 cm³/mol. The van der Waals surface area contributed by atoms with Gasteiger partial charge in [-0.15, -0.1) is 0 Å². The standard InChI is InChI=1S/C20H16N2O5S2/c1-2-26-13-8-9-15-17(12-13)28-20(21-15)22-19(23)16-10-11-18(27-16)29(24,25)14-6-4-3-5-7-14/h3-12H,2H2,1H3,(H,21,22,23). The molecule has 0 aliphatic heterocycles. The number of aromatic nitrogens is 1. The average molecular weight is 428 g/mol. The van der Waals surface area contributed by atoms with E-state index in [1.165, 1.54) is 35.6 Å². The van der Waals surface area contributed by atoms with Crippen LogP contribution in [0.5, 0.6) is 5.75 Å². The second-order valence-electron chi connectivity index (χ2n) is 5.97. The third-order valence-corrected chi connectivity index (χ3v) is 6.59. The number of thiazole rings is 1. The molecular weight excluding hydrogens is 412 g/mol. The molecule has 4 rings (SSSR count). The highest BCUT2D eigenvalue weighted by Gasteiger charge is 2.23. The van der Waals surface area contributed by atoms with Crippen molar-refractivity contribution in [3.63, 3.8) is 0 Å². The molecule has 29 heavy (non-hydrogen) atoms. The van der Waals surface area contributed by atoms with Gasteiger partial charge in [-0.3, -0.25) is 10.1 Å². The summed E-state index contributed by atoms with van der Waals surface area (Å²) >= 11 is 1.29. The van der Waals surface area contributed by atoms with E-state index in [1.54, 1.807) is 18.2 Å². The summed E-state index contributed by atoms with van der Waals surface area (Å²) in [5.41, 5.74) is 0.723. The Morgan fingerprint density at radius 2 is 1.93 bits per heavy atom. The summed E-state index contributed by atoms with van der Waals surface area (Å²) in [5, 5.41) is 2.73. The largest absolute Gasteiger partial charge is 0.494 e. The lowest BCUT2D eigenvalue weighted by atomic mass is 10.3. The lowest BCUT2D eigenvalue weighted by Gasteiger charge is -2.01. The van der Waals surface area contributed by atoms with Crippen LogP contribution < -0.4 is 10.1 Å². The number of hydrogen-bond donors (Lipinski definition) is 1. The van der Waals surface area contributed by atoms with Crippen molar-refractivity contribution in [3.8, 4) is 5.75 Å². The fraction of sp³-hybridized carbons (Fsp3) is 0.100. The molecule has 0 bridgehead atoms. The summed E-state index contributed by atoms with van der Waals surface area (Å²) in [4.78, 5) is 16.9. The number of nitrogens with one attached hydrogen (secondary N) is 1. The van der Waals surface area contributed by atoms with Crippen LogP contribution in [0.15, 0.2) is 75.1 Å². The van der Waals surface area contributed by atoms with Crippen molar-refractivity contribution in [1.29, 1.82) is 0 Å². The first-order chi connectivity index (χ1) is 14.0. The van der Waals surface area contributed by atoms with Gasteiger partial charge >= 0.3 is 0 Å². The second-order valence-corrected chi connectivity index (χ2v) is 8.88. The zero-order valence-corrected chi connectivity index (χ0v) is 16.9. The van der Waals surface area contributed by atoms with Crippen molar-refractivity contribution in [2.45, 2.75) is 16.9 Å². The van der Waals surface area contributed by atoms with Gasteiger partial charge in [0, 0.05) is 0 Å². The third-order valence-electron chi connectivity index (χ3n) is 4.01. The van der Waals surface area contributed by atoms with Gasteiger partial charge in [-0.25, -0.2) is 13.4 Å². The fourth-order valence-electron chi connectivity index (χ4n) is 2.68. The summed E-state index contributed by atoms with van der Waals surface area (Å²) in [5.74, 6) is 0.0284. The third kappa shape index (κ3) is 3.87. The Labute approximate surface area is 170 Å². The molecule has 0 radical (unpaired) electrons. The number of benzene rings is 2. The maximum Gasteiger partial charge on any atom is 0.293 e. The molecule has 2 aromatic carbocycles. The van der Waals surface area contributed by atoms with E-state index < -0.39 is 15.7 Å². The van der Waals surface area contributed by atoms with Crippen LogP contribution in [0, 0.1) is 0 Å². The normalized spacial score (nSPS) is 11.5. The Morgan fingerprint density at radius 1 is 1.14 bits per heavy atom. The molecule has 4 aromatic rings. The fourth-order valence-corrected chi connectivity index (χ4v) is 4.76. The second kappa shape index (κ2) is 7.69. The Kier molecular flexibility index (Phi) is 5.08. The van der Waals surface area contributed by atoms with Crippen LogP contribution in [0.2, 0.25) is 0 Å². The number of fused-ring (bicyclic) bond motifs is 1. The monoisotopic (exact) mass is 428 g/mol. The van der Waals surface area contributed by atoms with Crippen LogP contribution in [-0.2, 0) is 9.84 Å². The number of carbonyl (C=O) groups is 1. The number of anilines is 1. The summed E-state index contributed by atoms with van der Waals surface area (Å²) in [7, 11) is -3.83. The average Bonchev–Trinajstić information content (AvgIpc) is 3.36. The molecule has 2 heterocycles. The Bertz CT molecular complexity index is 1280. The zero-order chi connectivity index (χ0) is 20.4. The van der Waals surface area contributed by atoms with Crippen LogP contribution in [0.25, 0.3) is 10.2 Å². The van der Waals surface area contributed by atoms with Crippen molar-refractivity contribution in [2.75, 3.05) is 11.9 Å². The van der Waals surface area contributed by atoms with Crippen molar-refractivity contribution in [1.82, 2.24) is 4.98 Å². The number of nitrogens with zero attached hydrogens (tertiary/aromatic N) is 1. The highest BCUT2D eigenvalue weighted by Crippen LogP contribution is 2.30. The van der Waals surface area contributed by atoms with Crippen LogP contribution >= 0.6 is 11.3 Å². The van der Waals surface area contributed by atoms with Crippen LogP contribution in [-0.4, -0.2) is 25.9 Å². The number of carbonyl (C=O) groups excluding carboxylic acids is 1. The van der Waals surface area contributed by atoms with Crippen molar-refractivity contribution in [3.05, 3.63) is 66.4 Å². The van der Waals surface area contributed by atoms with Gasteiger partial charge in [0.1, 0.15) is 5.75 Å². The highest BCUT2D eigenvalue weighted by molar-refractivity contribution is 7.91. The molecule has 9 heteroatoms. The summed E-state index contributed by atoms with van der Waals surface area (Å²) < 4.78 is 36.8. The van der Waals surface area contributed by atoms with E-state index in [-0.39, 0.29) is 15.7 Å². The molecule has 0 spiro atoms. The minimum Gasteiger partial charge on any atom is -0.494 e. The number of amides is 1. The molecule has 7 nitrogen and oxygen atoms in total. The molecule has 1 amide bonds. The lowest BCUT2D eigenvalue weighted by molar-refractivity contribution is 0.0991. The quantitative estimate of drug-likeness (QED) is 0.490. The molecule has 1 N–H and O–H groups in total. The van der Waals surface area contributed by atoms with Gasteiger partial charge in [-0.2, -0.15) is 0 Å². The van der Waals surface area contributed by atoms with Crippen molar-refractivity contribution >= 4 is 42.4 Å². The molecular formula is C20H16N2O5S2. The maximum atomic E-state index is 12.6. The van der Waals surface area contributed by atoms with Crippen LogP contribution in [0.1, 0.15) is 17.5 Å². The minimum absolute atomic E-state index is 0.0950. The van der Waals surface area contributed by atoms with E-state index in [2.05, 4.69) is 10.3 Å². The van der Waals surface area contributed by atoms with Gasteiger partial charge in [-0.05, 0) is 49.4 Å². The Hall–Kier alpha value is -3.17. The first-order valence-electron chi connectivity index (χ1n) is 8.72. The van der Waals surface area contributed by atoms with Gasteiger partial charge in [0.25, 0.3) is 5.91 Å². The van der Waals surface area contributed by atoms with Gasteiger partial charge in [0.2, 0.25) is 14.9 Å². The SMILES string of the molecule is CCOc1ccc2nc(NC(=O)c3ccc(S(=O)(=O)c4ccccc4)o3)sc2c1. The number of hydrogen-bond acceptors (Lipinski definition) is 7. The summed E-state index contributed by atoms with van der Waals surface area (Å²) in [6, 6.07) is 16.0. The molecule has 0 aliphatic rings. The van der Waals surface area contributed by atoms with E-state index in [4.69, 9.17) is 9.15 Å². The van der Waals surface area contributed by atoms with E-state index in [0.29, 0.717) is 11.7 Å². The molecule has 0 saturated carbocycles. The first-order valence-corrected chi connectivity index (χ1v) is 11.0. The smallest absolute Gasteiger partial charge is 0.293 e. The first kappa shape index (κ1) is 19.2. The van der Waals surface area contributed by atoms with Crippen molar-refractivity contribution in [2.24, 2.45) is 0 Å². The summed E-state index contributed by atoms with van der Waals surface area (Å²) in [6.07, 6.45) is 0. The van der Waals surface area contributed by atoms with E-state index >= 15 is 0 Å². The molecule has 0 fully saturated rings. The number of sulfone groups is 1. The van der Waals surface area contributed by atoms with Crippen molar-refractivity contribution < 1.29 is 22.4 Å². The summed E-state index contributed by atoms with van der Waals surface area (Å²) in [6.45, 7) is 2.46. The lowest BCUT2D eigenvalue weighted by Crippen LogP contribution is -2.10. The molecule has 148 valence electrons. The molecule has 0 saturated heterocycles. The maximum absolute atomic E-state index is 12.6. The number of furan rings is 1. The van der Waals surface area contributed by atoms with E-state index in [1.807, 2.05) is 25.1 Å². The molecule has 0 unspecified atom stereocenters. The minimum atomic E-state index is -3.83. The van der Waals surface area contributed by atoms with Gasteiger partial charge in [0.05, 0.1) is 21.7 Å². The van der Waals surface area contributed by atoms with Gasteiger partial charge in [0.15, 0.2) is 10.9 Å². The molecule has 2 aromatic heterocycles. The highest BCUT2D eigenvalue weighted by atomic mass is 32.2. The number of ether oxygens (including phenoxy) is 1. The topological polar surface area (TPSA) is 98.5 Å². The zero-order valence-electron chi connectivity index (χ0n) is 15.3. The van der Waals surface area contributed by atoms with E-state index in [0.717, 1.165) is 16.0 Å². The predicted octanol–water partition coefficient (Wildman–Crippen LogP) is 4.37.